The molecule has 0 saturated carbocycles. The molecule has 7 heteroatoms. The second-order valence-electron chi connectivity index (χ2n) is 5.34. The number of ether oxygens (including phenoxy) is 2. The van der Waals surface area contributed by atoms with Crippen LogP contribution in [0, 0.1) is 6.92 Å². The topological polar surface area (TPSA) is 90.6 Å². The number of hydrogen-bond donors (Lipinski definition) is 1. The zero-order chi connectivity index (χ0) is 17.9. The van der Waals surface area contributed by atoms with E-state index in [4.69, 9.17) is 9.47 Å². The first-order chi connectivity index (χ1) is 11.3. The number of rotatable bonds is 5. The van der Waals surface area contributed by atoms with Gasteiger partial charge in [-0.3, -0.25) is 0 Å². The molecule has 2 rings (SSSR count). The minimum absolute atomic E-state index is 0.0126. The quantitative estimate of drug-likeness (QED) is 0.844. The molecule has 1 N–H and O–H groups in total. The highest BCUT2D eigenvalue weighted by Gasteiger charge is 2.28. The van der Waals surface area contributed by atoms with Crippen molar-refractivity contribution in [2.24, 2.45) is 7.05 Å². The van der Waals surface area contributed by atoms with E-state index in [1.165, 1.54) is 18.7 Å². The van der Waals surface area contributed by atoms with Crippen LogP contribution in [0.4, 0.5) is 0 Å². The van der Waals surface area contributed by atoms with E-state index >= 15 is 0 Å². The van der Waals surface area contributed by atoms with Gasteiger partial charge in [-0.15, -0.1) is 0 Å². The number of benzene rings is 1. The minimum Gasteiger partial charge on any atom is -0.461 e. The Morgan fingerprint density at radius 3 is 2.42 bits per heavy atom. The van der Waals surface area contributed by atoms with Crippen LogP contribution in [0.3, 0.4) is 0 Å². The molecule has 0 fully saturated rings. The number of carbonyl (C=O) groups is 2. The van der Waals surface area contributed by atoms with Crippen LogP contribution in [-0.4, -0.2) is 33.4 Å². The van der Waals surface area contributed by atoms with Crippen molar-refractivity contribution in [3.63, 3.8) is 0 Å². The summed E-state index contributed by atoms with van der Waals surface area (Å²) in [5.74, 6) is -1.27. The zero-order valence-corrected chi connectivity index (χ0v) is 14.1. The summed E-state index contributed by atoms with van der Waals surface area (Å²) in [5.41, 5.74) is 1.43. The Morgan fingerprint density at radius 2 is 1.88 bits per heavy atom. The first-order valence-corrected chi connectivity index (χ1v) is 7.56. The fourth-order valence-corrected chi connectivity index (χ4v) is 2.21. The summed E-state index contributed by atoms with van der Waals surface area (Å²) >= 11 is 0. The first-order valence-electron chi connectivity index (χ1n) is 7.56. The molecule has 24 heavy (non-hydrogen) atoms. The van der Waals surface area contributed by atoms with Crippen LogP contribution in [0.15, 0.2) is 24.3 Å². The molecule has 0 aliphatic rings. The van der Waals surface area contributed by atoms with Gasteiger partial charge in [-0.25, -0.2) is 14.3 Å². The van der Waals surface area contributed by atoms with Gasteiger partial charge in [-0.1, -0.05) is 17.7 Å². The van der Waals surface area contributed by atoms with Crippen molar-refractivity contribution in [1.82, 2.24) is 9.78 Å². The van der Waals surface area contributed by atoms with Crippen LogP contribution in [0.25, 0.3) is 0 Å². The lowest BCUT2D eigenvalue weighted by Crippen LogP contribution is -2.13. The van der Waals surface area contributed by atoms with E-state index in [0.717, 1.165) is 5.56 Å². The Hall–Kier alpha value is -2.67. The summed E-state index contributed by atoms with van der Waals surface area (Å²) in [6.45, 7) is 5.21. The van der Waals surface area contributed by atoms with Crippen molar-refractivity contribution >= 4 is 11.9 Å². The number of hydrogen-bond acceptors (Lipinski definition) is 6. The highest BCUT2D eigenvalue weighted by molar-refractivity contribution is 5.93. The van der Waals surface area contributed by atoms with Crippen LogP contribution in [0.5, 0.6) is 5.88 Å². The predicted octanol–water partition coefficient (Wildman–Crippen LogP) is 2.18. The molecule has 0 saturated heterocycles. The van der Waals surface area contributed by atoms with Gasteiger partial charge in [0, 0.05) is 7.05 Å². The largest absolute Gasteiger partial charge is 0.461 e. The number of aromatic nitrogens is 2. The number of nitrogens with zero attached hydrogens (tertiary/aromatic N) is 2. The summed E-state index contributed by atoms with van der Waals surface area (Å²) in [4.78, 5) is 24.3. The Kier molecular flexibility index (Phi) is 5.35. The molecule has 0 spiro atoms. The number of carbonyl (C=O) groups excluding carboxylic acids is 2. The standard InChI is InChI=1S/C17H20N2O5/c1-5-23-17(22)14-13(11(3)20)15(19(4)18-14)24-16(21)12-8-6-10(2)7-9-12/h6-9,11,20H,5H2,1-4H3. The summed E-state index contributed by atoms with van der Waals surface area (Å²) in [5, 5.41) is 14.0. The van der Waals surface area contributed by atoms with Gasteiger partial charge in [-0.05, 0) is 32.9 Å². The molecule has 0 amide bonds. The Morgan fingerprint density at radius 1 is 1.25 bits per heavy atom. The fourth-order valence-electron chi connectivity index (χ4n) is 2.21. The molecule has 128 valence electrons. The minimum atomic E-state index is -1.06. The Bertz CT molecular complexity index is 747. The lowest BCUT2D eigenvalue weighted by atomic mass is 10.1. The summed E-state index contributed by atoms with van der Waals surface area (Å²) < 4.78 is 11.5. The molecule has 1 unspecified atom stereocenters. The fraction of sp³-hybridized carbons (Fsp3) is 0.353. The number of aliphatic hydroxyl groups excluding tert-OH is 1. The molecule has 0 bridgehead atoms. The van der Waals surface area contributed by atoms with Gasteiger partial charge < -0.3 is 14.6 Å². The molecule has 7 nitrogen and oxygen atoms in total. The third kappa shape index (κ3) is 3.62. The third-order valence-corrected chi connectivity index (χ3v) is 3.39. The second-order valence-corrected chi connectivity index (χ2v) is 5.34. The maximum absolute atomic E-state index is 12.3. The van der Waals surface area contributed by atoms with E-state index < -0.39 is 18.0 Å². The number of aryl methyl sites for hydroxylation is 2. The number of aliphatic hydroxyl groups is 1. The van der Waals surface area contributed by atoms with Crippen LogP contribution in [0.1, 0.15) is 51.9 Å². The van der Waals surface area contributed by atoms with Crippen LogP contribution in [-0.2, 0) is 11.8 Å². The molecule has 1 atom stereocenters. The van der Waals surface area contributed by atoms with E-state index in [9.17, 15) is 14.7 Å². The average Bonchev–Trinajstić information content (AvgIpc) is 2.85. The van der Waals surface area contributed by atoms with Gasteiger partial charge in [0.2, 0.25) is 5.88 Å². The van der Waals surface area contributed by atoms with Crippen molar-refractivity contribution in [3.05, 3.63) is 46.6 Å². The van der Waals surface area contributed by atoms with Crippen molar-refractivity contribution < 1.29 is 24.2 Å². The number of esters is 2. The van der Waals surface area contributed by atoms with Crippen molar-refractivity contribution in [1.29, 1.82) is 0 Å². The normalized spacial score (nSPS) is 11.9. The second kappa shape index (κ2) is 7.27. The molecule has 0 aliphatic carbocycles. The van der Waals surface area contributed by atoms with E-state index in [2.05, 4.69) is 5.10 Å². The first kappa shape index (κ1) is 17.7. The third-order valence-electron chi connectivity index (χ3n) is 3.39. The van der Waals surface area contributed by atoms with Gasteiger partial charge in [-0.2, -0.15) is 5.10 Å². The molecule has 0 aliphatic heterocycles. The summed E-state index contributed by atoms with van der Waals surface area (Å²) in [6, 6.07) is 6.86. The molecular weight excluding hydrogens is 312 g/mol. The maximum atomic E-state index is 12.3. The summed E-state index contributed by atoms with van der Waals surface area (Å²) in [6.07, 6.45) is -1.06. The van der Waals surface area contributed by atoms with E-state index in [-0.39, 0.29) is 23.7 Å². The van der Waals surface area contributed by atoms with Gasteiger partial charge in [0.1, 0.15) is 0 Å². The molecule has 1 heterocycles. The predicted molar refractivity (Wildman–Crippen MR) is 85.9 cm³/mol. The van der Waals surface area contributed by atoms with Crippen molar-refractivity contribution in [2.75, 3.05) is 6.61 Å². The van der Waals surface area contributed by atoms with Gasteiger partial charge in [0.05, 0.1) is 23.8 Å². The van der Waals surface area contributed by atoms with Crippen LogP contribution in [0.2, 0.25) is 0 Å². The highest BCUT2D eigenvalue weighted by Crippen LogP contribution is 2.29. The smallest absolute Gasteiger partial charge is 0.359 e. The lowest BCUT2D eigenvalue weighted by Gasteiger charge is -2.10. The van der Waals surface area contributed by atoms with Crippen LogP contribution >= 0.6 is 0 Å². The van der Waals surface area contributed by atoms with Crippen molar-refractivity contribution in [2.45, 2.75) is 26.9 Å². The highest BCUT2D eigenvalue weighted by atomic mass is 16.5. The van der Waals surface area contributed by atoms with Gasteiger partial charge in [0.15, 0.2) is 5.69 Å². The van der Waals surface area contributed by atoms with E-state index in [0.29, 0.717) is 5.56 Å². The Balaban J connectivity index is 2.37. The van der Waals surface area contributed by atoms with Gasteiger partial charge in [0.25, 0.3) is 0 Å². The summed E-state index contributed by atoms with van der Waals surface area (Å²) in [7, 11) is 1.52. The maximum Gasteiger partial charge on any atom is 0.359 e. The molecule has 2 aromatic rings. The van der Waals surface area contributed by atoms with Crippen molar-refractivity contribution in [3.8, 4) is 5.88 Å². The monoisotopic (exact) mass is 332 g/mol. The van der Waals surface area contributed by atoms with E-state index in [1.807, 2.05) is 6.92 Å². The molecular formula is C17H20N2O5. The molecule has 1 aromatic carbocycles. The Labute approximate surface area is 139 Å². The average molecular weight is 332 g/mol. The molecule has 0 radical (unpaired) electrons. The molecule has 1 aromatic heterocycles. The van der Waals surface area contributed by atoms with Gasteiger partial charge >= 0.3 is 11.9 Å². The SMILES string of the molecule is CCOC(=O)c1nn(C)c(OC(=O)c2ccc(C)cc2)c1C(C)O. The lowest BCUT2D eigenvalue weighted by molar-refractivity contribution is 0.0511. The zero-order valence-electron chi connectivity index (χ0n) is 14.1. The van der Waals surface area contributed by atoms with E-state index in [1.54, 1.807) is 31.2 Å². The van der Waals surface area contributed by atoms with Crippen LogP contribution < -0.4 is 4.74 Å².